The van der Waals surface area contributed by atoms with Gasteiger partial charge in [-0.25, -0.2) is 39.9 Å². The van der Waals surface area contributed by atoms with Gasteiger partial charge in [0, 0.05) is 45.8 Å². The van der Waals surface area contributed by atoms with E-state index in [4.69, 9.17) is 85.2 Å². The summed E-state index contributed by atoms with van der Waals surface area (Å²) in [5, 5.41) is 0. The van der Waals surface area contributed by atoms with Gasteiger partial charge in [0.1, 0.15) is 44.1 Å². The molecule has 0 N–H and O–H groups in total. The number of hydrogen-bond donors (Lipinski definition) is 0. The van der Waals surface area contributed by atoms with Gasteiger partial charge in [0.2, 0.25) is 47.1 Å². The Labute approximate surface area is 538 Å². The molecule has 0 saturated carbocycles. The molecule has 0 aliphatic heterocycles. The third kappa shape index (κ3) is 7.68. The number of para-hydroxylation sites is 16. The molecule has 0 spiro atoms. The van der Waals surface area contributed by atoms with E-state index >= 15 is 0 Å². The maximum Gasteiger partial charge on any atom is 0.228 e. The number of nitrogens with zero attached hydrogens (tertiary/aromatic N) is 10. The maximum atomic E-state index is 7.18. The monoisotopic (exact) mass is 1240 g/mol. The minimum absolute atomic E-state index is 0.170. The molecule has 10 aromatic carbocycles. The molecule has 21 rings (SSSR count). The van der Waals surface area contributed by atoms with Gasteiger partial charge < -0.3 is 35.3 Å². The Morgan fingerprint density at radius 3 is 0.542 bits per heavy atom. The fourth-order valence-electron chi connectivity index (χ4n) is 13.7. The van der Waals surface area contributed by atoms with Gasteiger partial charge in [-0.2, -0.15) is 0 Å². The number of hydrogen-bond acceptors (Lipinski definition) is 18. The molecule has 1 aliphatic carbocycles. The van der Waals surface area contributed by atoms with Crippen LogP contribution in [-0.2, 0) is 0 Å². The first-order chi connectivity index (χ1) is 47.6. The Kier molecular flexibility index (Phi) is 10.8. The lowest BCUT2D eigenvalue weighted by atomic mass is 9.74. The van der Waals surface area contributed by atoms with Gasteiger partial charge in [0.25, 0.3) is 0 Å². The molecule has 10 heterocycles. The minimum Gasteiger partial charge on any atom is -0.436 e. The zero-order valence-electron chi connectivity index (χ0n) is 49.7. The summed E-state index contributed by atoms with van der Waals surface area (Å²) < 4.78 is 57.1. The lowest BCUT2D eigenvalue weighted by Crippen LogP contribution is -2.09. The summed E-state index contributed by atoms with van der Waals surface area (Å²) in [6.07, 6.45) is 3.51. The molecule has 18 nitrogen and oxygen atoms in total. The van der Waals surface area contributed by atoms with Crippen LogP contribution in [0.3, 0.4) is 0 Å². The van der Waals surface area contributed by atoms with Crippen LogP contribution in [0.15, 0.2) is 266 Å². The Hall–Kier alpha value is -13.7. The minimum atomic E-state index is 0.170. The number of pyridine rings is 2. The summed E-state index contributed by atoms with van der Waals surface area (Å²) >= 11 is 0. The molecule has 0 bridgehead atoms. The largest absolute Gasteiger partial charge is 0.436 e. The van der Waals surface area contributed by atoms with Crippen LogP contribution in [0.4, 0.5) is 0 Å². The van der Waals surface area contributed by atoms with E-state index < -0.39 is 0 Å². The van der Waals surface area contributed by atoms with E-state index in [0.29, 0.717) is 178 Å². The Morgan fingerprint density at radius 2 is 0.344 bits per heavy atom. The highest BCUT2D eigenvalue weighted by Crippen LogP contribution is 2.64. The molecule has 10 aromatic heterocycles. The van der Waals surface area contributed by atoms with Crippen LogP contribution in [0.2, 0.25) is 0 Å². The van der Waals surface area contributed by atoms with Crippen molar-refractivity contribution in [2.24, 2.45) is 0 Å². The molecule has 18 heteroatoms. The second-order valence-electron chi connectivity index (χ2n) is 23.2. The van der Waals surface area contributed by atoms with Crippen molar-refractivity contribution in [2.45, 2.75) is 0 Å². The van der Waals surface area contributed by atoms with Crippen molar-refractivity contribution in [3.05, 3.63) is 231 Å². The SMILES string of the molecule is c1cnc2c(c1)-c1c(-c3nc4ccccc4o3)c(-c3nc4ccccc4o3)c(-c3nc4ccccc4o3)c(-c3nc4ccccc4o3)c1-c1ncccc1-c1c(-c3nc4ccccc4o3)c(-c3nc4ccccc4o3)c(-c3nc4ccccc4o3)c(-c3nc4ccccc4o3)c1-2. The van der Waals surface area contributed by atoms with Crippen molar-refractivity contribution < 1.29 is 35.3 Å². The summed E-state index contributed by atoms with van der Waals surface area (Å²) in [6, 6.07) is 68.7. The highest BCUT2D eigenvalue weighted by Gasteiger charge is 2.44. The lowest BCUT2D eigenvalue weighted by Gasteiger charge is -2.29. The van der Waals surface area contributed by atoms with Crippen LogP contribution < -0.4 is 0 Å². The van der Waals surface area contributed by atoms with Crippen molar-refractivity contribution in [3.63, 3.8) is 0 Å². The normalized spacial score (nSPS) is 12.2. The number of benzene rings is 10. The van der Waals surface area contributed by atoms with Gasteiger partial charge in [-0.1, -0.05) is 109 Å². The molecule has 0 amide bonds. The summed E-state index contributed by atoms with van der Waals surface area (Å²) in [7, 11) is 0. The van der Waals surface area contributed by atoms with Crippen molar-refractivity contribution >= 4 is 88.8 Å². The van der Waals surface area contributed by atoms with E-state index in [-0.39, 0.29) is 47.1 Å². The van der Waals surface area contributed by atoms with Crippen molar-refractivity contribution in [1.82, 2.24) is 49.8 Å². The number of rotatable bonds is 8. The molecule has 96 heavy (non-hydrogen) atoms. The second-order valence-corrected chi connectivity index (χ2v) is 23.2. The predicted molar refractivity (Wildman–Crippen MR) is 361 cm³/mol. The van der Waals surface area contributed by atoms with Crippen LogP contribution in [0.25, 0.3) is 225 Å². The van der Waals surface area contributed by atoms with Crippen LogP contribution in [0, 0.1) is 0 Å². The average molecular weight is 1240 g/mol. The molecule has 0 unspecified atom stereocenters. The summed E-state index contributed by atoms with van der Waals surface area (Å²) in [4.78, 5) is 54.4. The molecule has 0 atom stereocenters. The van der Waals surface area contributed by atoms with Gasteiger partial charge in [0.15, 0.2) is 44.7 Å². The first-order valence-corrected chi connectivity index (χ1v) is 30.8. The van der Waals surface area contributed by atoms with Gasteiger partial charge in [-0.15, -0.1) is 0 Å². The average Bonchev–Trinajstić information content (AvgIpc) is 1.12. The first kappa shape index (κ1) is 51.9. The quantitative estimate of drug-likeness (QED) is 0.137. The van der Waals surface area contributed by atoms with E-state index in [0.717, 1.165) is 0 Å². The molecule has 1 aliphatic rings. The summed E-state index contributed by atoms with van der Waals surface area (Å²) in [6.45, 7) is 0. The smallest absolute Gasteiger partial charge is 0.228 e. The predicted octanol–water partition coefficient (Wildman–Crippen LogP) is 19.9. The third-order valence-electron chi connectivity index (χ3n) is 17.7. The van der Waals surface area contributed by atoms with Gasteiger partial charge in [-0.05, 0) is 109 Å². The van der Waals surface area contributed by atoms with Gasteiger partial charge in [0.05, 0.1) is 55.9 Å². The Balaban J connectivity index is 1.05. The molecular weight excluding hydrogens is 1200 g/mol. The van der Waals surface area contributed by atoms with Crippen LogP contribution in [0.5, 0.6) is 0 Å². The standard InChI is InChI=1S/C78H38N10O8/c1-9-29-49-41(21-1)81-71(89-49)61-57-39-19-17-37-79-69(39)60-58(40-20-18-38-80-70(40)59(57)63(73-83-43-23-3-11-31-51(43)91-73)67(77-87-47-27-7-15-35-55(47)95-77)65(61)75-85-45-25-5-13-33-53(45)93-75)62(72-82-42-22-2-10-30-50(42)90-72)66(76-86-46-26-6-14-34-54(46)94-76)68(78-88-48-28-8-16-36-56(48)96-78)64(60)74-84-44-24-4-12-32-52(44)92-74/h1-38H. The second kappa shape index (κ2) is 19.9. The van der Waals surface area contributed by atoms with Crippen LogP contribution in [0.1, 0.15) is 0 Å². The summed E-state index contributed by atoms with van der Waals surface area (Å²) in [5.74, 6) is 1.41. The summed E-state index contributed by atoms with van der Waals surface area (Å²) in [5.41, 5.74) is 15.6. The van der Waals surface area contributed by atoms with Crippen molar-refractivity contribution in [2.75, 3.05) is 0 Å². The Morgan fingerprint density at radius 1 is 0.167 bits per heavy atom. The van der Waals surface area contributed by atoms with E-state index in [9.17, 15) is 0 Å². The first-order valence-electron chi connectivity index (χ1n) is 30.8. The molecule has 0 fully saturated rings. The fraction of sp³-hybridized carbons (Fsp3) is 0. The molecule has 0 saturated heterocycles. The van der Waals surface area contributed by atoms with E-state index in [2.05, 4.69) is 0 Å². The number of fused-ring (bicyclic) bond motifs is 16. The molecule has 448 valence electrons. The highest BCUT2D eigenvalue weighted by atomic mass is 16.4. The van der Waals surface area contributed by atoms with E-state index in [1.165, 1.54) is 0 Å². The third-order valence-corrected chi connectivity index (χ3v) is 17.7. The van der Waals surface area contributed by atoms with Crippen LogP contribution >= 0.6 is 0 Å². The van der Waals surface area contributed by atoms with E-state index in [1.807, 2.05) is 218 Å². The number of aromatic nitrogens is 10. The van der Waals surface area contributed by atoms with Crippen molar-refractivity contribution in [3.8, 4) is 136 Å². The van der Waals surface area contributed by atoms with Gasteiger partial charge in [-0.3, -0.25) is 9.97 Å². The van der Waals surface area contributed by atoms with Gasteiger partial charge >= 0.3 is 0 Å². The molecule has 20 aromatic rings. The topological polar surface area (TPSA) is 234 Å². The molecular formula is C78H38N10O8. The van der Waals surface area contributed by atoms with E-state index in [1.54, 1.807) is 12.4 Å². The zero-order valence-corrected chi connectivity index (χ0v) is 49.7. The number of oxazole rings is 8. The maximum absolute atomic E-state index is 7.18. The fourth-order valence-corrected chi connectivity index (χ4v) is 13.7. The zero-order chi connectivity index (χ0) is 62.7. The van der Waals surface area contributed by atoms with Crippen LogP contribution in [-0.4, -0.2) is 49.8 Å². The highest BCUT2D eigenvalue weighted by molar-refractivity contribution is 6.21. The van der Waals surface area contributed by atoms with Crippen molar-refractivity contribution in [1.29, 1.82) is 0 Å². The molecule has 0 radical (unpaired) electrons. The Bertz CT molecular complexity index is 5600. The lowest BCUT2D eigenvalue weighted by molar-refractivity contribution is 0.604.